The average Bonchev–Trinajstić information content (AvgIpc) is 3.49. The molecule has 178 valence electrons. The minimum absolute atomic E-state index is 0.159. The molecule has 34 heavy (non-hydrogen) atoms. The van der Waals surface area contributed by atoms with Gasteiger partial charge in [0.2, 0.25) is 0 Å². The van der Waals surface area contributed by atoms with Gasteiger partial charge in [0, 0.05) is 10.4 Å². The Morgan fingerprint density at radius 3 is 2.65 bits per heavy atom. The van der Waals surface area contributed by atoms with E-state index in [9.17, 15) is 14.6 Å². The first-order valence-corrected chi connectivity index (χ1v) is 10.9. The highest BCUT2D eigenvalue weighted by Gasteiger charge is 2.47. The lowest BCUT2D eigenvalue weighted by atomic mass is 9.96. The van der Waals surface area contributed by atoms with Crippen molar-refractivity contribution in [3.8, 4) is 0 Å². The second kappa shape index (κ2) is 8.24. The van der Waals surface area contributed by atoms with Gasteiger partial charge in [-0.3, -0.25) is 4.57 Å². The number of fused-ring (bicyclic) bond motifs is 1. The van der Waals surface area contributed by atoms with Crippen LogP contribution in [0.2, 0.25) is 5.02 Å². The molecule has 1 saturated heterocycles. The largest absolute Gasteiger partial charge is 0.387 e. The Morgan fingerprint density at radius 2 is 1.94 bits per heavy atom. The number of ether oxygens (including phenoxy) is 1. The van der Waals surface area contributed by atoms with E-state index in [1.165, 1.54) is 29.4 Å². The first-order valence-electron chi connectivity index (χ1n) is 10.5. The van der Waals surface area contributed by atoms with Crippen LogP contribution in [0.3, 0.4) is 0 Å². The number of aromatic amines is 1. The molecule has 0 spiro atoms. The lowest BCUT2D eigenvalue weighted by Gasteiger charge is -2.16. The molecular formula is C21H22ClFN8O3. The fourth-order valence-electron chi connectivity index (χ4n) is 3.70. The molecule has 1 fully saturated rings. The van der Waals surface area contributed by atoms with E-state index in [-0.39, 0.29) is 21.9 Å². The van der Waals surface area contributed by atoms with E-state index in [1.807, 2.05) is 20.8 Å². The molecule has 13 heteroatoms. The zero-order chi connectivity index (χ0) is 24.2. The summed E-state index contributed by atoms with van der Waals surface area (Å²) < 4.78 is 21.7. The molecule has 0 radical (unpaired) electrons. The molecule has 4 heterocycles. The molecule has 0 amide bonds. The number of hydrogen-bond donors (Lipinski definition) is 4. The van der Waals surface area contributed by atoms with Crippen LogP contribution in [0.25, 0.3) is 11.2 Å². The summed E-state index contributed by atoms with van der Waals surface area (Å²) in [6.45, 7) is 5.92. The van der Waals surface area contributed by atoms with Gasteiger partial charge in [-0.05, 0) is 18.2 Å². The lowest BCUT2D eigenvalue weighted by Crippen LogP contribution is -2.29. The smallest absolute Gasteiger partial charge is 0.167 e. The van der Waals surface area contributed by atoms with E-state index in [0.29, 0.717) is 22.8 Å². The van der Waals surface area contributed by atoms with Gasteiger partial charge in [0.1, 0.15) is 36.3 Å². The van der Waals surface area contributed by atoms with Crippen LogP contribution in [0.5, 0.6) is 0 Å². The molecule has 0 saturated carbocycles. The highest BCUT2D eigenvalue weighted by Crippen LogP contribution is 2.39. The Morgan fingerprint density at radius 1 is 1.15 bits per heavy atom. The van der Waals surface area contributed by atoms with E-state index < -0.39 is 30.4 Å². The summed E-state index contributed by atoms with van der Waals surface area (Å²) in [6.07, 6.45) is -1.84. The topological polar surface area (TPSA) is 147 Å². The third-order valence-electron chi connectivity index (χ3n) is 5.54. The fraction of sp³-hybridized carbons (Fsp3) is 0.381. The average molecular weight is 489 g/mol. The summed E-state index contributed by atoms with van der Waals surface area (Å²) in [6, 6.07) is 4.21. The lowest BCUT2D eigenvalue weighted by molar-refractivity contribution is -0.0382. The van der Waals surface area contributed by atoms with Crippen LogP contribution in [0.15, 0.2) is 30.9 Å². The molecule has 3 aromatic heterocycles. The number of aliphatic hydroxyl groups excluding tert-OH is 2. The predicted octanol–water partition coefficient (Wildman–Crippen LogP) is 2.77. The number of aliphatic hydroxyl groups is 2. The number of nitrogens with one attached hydrogen (secondary N) is 2. The Balaban J connectivity index is 1.45. The van der Waals surface area contributed by atoms with Crippen molar-refractivity contribution in [1.82, 2.24) is 34.7 Å². The van der Waals surface area contributed by atoms with E-state index in [2.05, 4.69) is 35.5 Å². The Bertz CT molecular complexity index is 1350. The molecule has 1 aliphatic rings. The molecule has 4 aromatic rings. The van der Waals surface area contributed by atoms with Crippen LogP contribution in [-0.2, 0) is 10.2 Å². The SMILES string of the molecule is CC(C)(C)c1nnc(C2O[C@@H](n3cnc4c(Nc5ccc(Cl)cc5F)ncnc43)C(O)C2O)[nH]1. The van der Waals surface area contributed by atoms with E-state index in [4.69, 9.17) is 16.3 Å². The summed E-state index contributed by atoms with van der Waals surface area (Å²) in [5.74, 6) is 0.626. The molecule has 1 aliphatic heterocycles. The van der Waals surface area contributed by atoms with E-state index >= 15 is 0 Å². The third-order valence-corrected chi connectivity index (χ3v) is 5.77. The van der Waals surface area contributed by atoms with E-state index in [0.717, 1.165) is 0 Å². The summed E-state index contributed by atoms with van der Waals surface area (Å²) >= 11 is 5.82. The standard InChI is InChI=1S/C21H22ClFN8O3/c1-21(2,3)20-28-17(29-30-20)15-13(32)14(33)19(34-15)31-8-26-12-16(24-7-25-18(12)31)27-11-5-4-9(22)6-10(11)23/h4-8,13-15,19,32-33H,1-3H3,(H,24,25,27)(H,28,29,30)/t13?,14?,15?,19-/m1/s1. The van der Waals surface area contributed by atoms with Crippen molar-refractivity contribution in [2.45, 2.75) is 50.7 Å². The van der Waals surface area contributed by atoms with Gasteiger partial charge in [0.25, 0.3) is 0 Å². The van der Waals surface area contributed by atoms with Gasteiger partial charge >= 0.3 is 0 Å². The molecule has 4 N–H and O–H groups in total. The molecular weight excluding hydrogens is 467 g/mol. The summed E-state index contributed by atoms with van der Waals surface area (Å²) in [7, 11) is 0. The summed E-state index contributed by atoms with van der Waals surface area (Å²) in [5.41, 5.74) is 0.514. The molecule has 3 unspecified atom stereocenters. The molecule has 5 rings (SSSR count). The van der Waals surface area contributed by atoms with Crippen molar-refractivity contribution >= 4 is 34.3 Å². The van der Waals surface area contributed by atoms with Crippen LogP contribution in [-0.4, -0.2) is 57.1 Å². The number of aromatic nitrogens is 7. The number of nitrogens with zero attached hydrogens (tertiary/aromatic N) is 6. The Labute approximate surface area is 198 Å². The van der Waals surface area contributed by atoms with Crippen LogP contribution in [0, 0.1) is 5.82 Å². The van der Waals surface area contributed by atoms with Gasteiger partial charge in [-0.1, -0.05) is 32.4 Å². The quantitative estimate of drug-likeness (QED) is 0.340. The maximum atomic E-state index is 14.3. The molecule has 0 aliphatic carbocycles. The molecule has 1 aromatic carbocycles. The van der Waals surface area contributed by atoms with Crippen molar-refractivity contribution < 1.29 is 19.3 Å². The first kappa shape index (κ1) is 22.6. The highest BCUT2D eigenvalue weighted by molar-refractivity contribution is 6.30. The zero-order valence-corrected chi connectivity index (χ0v) is 19.2. The number of anilines is 2. The van der Waals surface area contributed by atoms with Gasteiger partial charge < -0.3 is 25.3 Å². The maximum Gasteiger partial charge on any atom is 0.167 e. The minimum atomic E-state index is -1.30. The number of H-pyrrole nitrogens is 1. The number of imidazole rings is 1. The van der Waals surface area contributed by atoms with Crippen LogP contribution >= 0.6 is 11.6 Å². The number of benzene rings is 1. The van der Waals surface area contributed by atoms with Crippen LogP contribution in [0.4, 0.5) is 15.9 Å². The van der Waals surface area contributed by atoms with Crippen LogP contribution < -0.4 is 5.32 Å². The second-order valence-electron chi connectivity index (χ2n) is 9.03. The maximum absolute atomic E-state index is 14.3. The van der Waals surface area contributed by atoms with Gasteiger partial charge in [-0.2, -0.15) is 0 Å². The van der Waals surface area contributed by atoms with Gasteiger partial charge in [0.15, 0.2) is 29.0 Å². The minimum Gasteiger partial charge on any atom is -0.387 e. The van der Waals surface area contributed by atoms with Gasteiger partial charge in [-0.15, -0.1) is 10.2 Å². The van der Waals surface area contributed by atoms with Gasteiger partial charge in [-0.25, -0.2) is 19.3 Å². The normalized spacial score (nSPS) is 23.0. The van der Waals surface area contributed by atoms with Crippen molar-refractivity contribution in [2.24, 2.45) is 0 Å². The van der Waals surface area contributed by atoms with Crippen molar-refractivity contribution in [1.29, 1.82) is 0 Å². The van der Waals surface area contributed by atoms with Crippen LogP contribution in [0.1, 0.15) is 44.8 Å². The molecule has 0 bridgehead atoms. The second-order valence-corrected chi connectivity index (χ2v) is 9.47. The third kappa shape index (κ3) is 3.88. The highest BCUT2D eigenvalue weighted by atomic mass is 35.5. The van der Waals surface area contributed by atoms with Crippen molar-refractivity contribution in [3.05, 3.63) is 53.3 Å². The van der Waals surface area contributed by atoms with Gasteiger partial charge in [0.05, 0.1) is 12.0 Å². The number of rotatable bonds is 4. The monoisotopic (exact) mass is 488 g/mol. The summed E-state index contributed by atoms with van der Waals surface area (Å²) in [4.78, 5) is 15.8. The predicted molar refractivity (Wildman–Crippen MR) is 120 cm³/mol. The Kier molecular flexibility index (Phi) is 5.47. The first-order chi connectivity index (χ1) is 16.1. The molecule has 4 atom stereocenters. The Hall–Kier alpha value is -3.19. The number of halogens is 2. The zero-order valence-electron chi connectivity index (χ0n) is 18.4. The fourth-order valence-corrected chi connectivity index (χ4v) is 3.86. The van der Waals surface area contributed by atoms with Crippen molar-refractivity contribution in [3.63, 3.8) is 0 Å². The van der Waals surface area contributed by atoms with Crippen molar-refractivity contribution in [2.75, 3.05) is 5.32 Å². The van der Waals surface area contributed by atoms with E-state index in [1.54, 1.807) is 6.07 Å². The number of hydrogen-bond acceptors (Lipinski definition) is 9. The summed E-state index contributed by atoms with van der Waals surface area (Å²) in [5, 5.41) is 32.8. The molecule has 11 nitrogen and oxygen atoms in total.